The van der Waals surface area contributed by atoms with Crippen molar-refractivity contribution >= 4 is 0 Å². The molecule has 3 aromatic rings. The summed E-state index contributed by atoms with van der Waals surface area (Å²) in [5.41, 5.74) is 6.55. The molecule has 23 heavy (non-hydrogen) atoms. The molecule has 0 spiro atoms. The van der Waals surface area contributed by atoms with E-state index in [1.807, 2.05) is 42.5 Å². The van der Waals surface area contributed by atoms with Crippen LogP contribution in [0.2, 0.25) is 0 Å². The standard InChI is InChI=1S/C20H19NO2/c1-22-19-12-5-6-13-20(19)23-21-15-16-8-7-11-18(14-16)17-9-3-2-4-10-17/h2-14,21H,15H2,1H3. The number of benzene rings is 3. The minimum Gasteiger partial charge on any atom is -0.493 e. The van der Waals surface area contributed by atoms with E-state index < -0.39 is 0 Å². The summed E-state index contributed by atoms with van der Waals surface area (Å²) in [6, 6.07) is 26.3. The summed E-state index contributed by atoms with van der Waals surface area (Å²) in [4.78, 5) is 5.60. The normalized spacial score (nSPS) is 10.3. The van der Waals surface area contributed by atoms with Crippen LogP contribution in [0.5, 0.6) is 11.5 Å². The predicted molar refractivity (Wildman–Crippen MR) is 92.3 cm³/mol. The van der Waals surface area contributed by atoms with Crippen LogP contribution in [0.4, 0.5) is 0 Å². The number of ether oxygens (including phenoxy) is 1. The summed E-state index contributed by atoms with van der Waals surface area (Å²) >= 11 is 0. The zero-order valence-electron chi connectivity index (χ0n) is 13.0. The van der Waals surface area contributed by atoms with Gasteiger partial charge >= 0.3 is 0 Å². The van der Waals surface area contributed by atoms with Gasteiger partial charge in [-0.05, 0) is 34.9 Å². The lowest BCUT2D eigenvalue weighted by molar-refractivity contribution is 0.182. The maximum absolute atomic E-state index is 5.60. The van der Waals surface area contributed by atoms with Gasteiger partial charge in [0.1, 0.15) is 0 Å². The Morgan fingerprint density at radius 1 is 0.739 bits per heavy atom. The monoisotopic (exact) mass is 305 g/mol. The minimum absolute atomic E-state index is 0.610. The first-order valence-corrected chi connectivity index (χ1v) is 7.54. The van der Waals surface area contributed by atoms with E-state index in [1.54, 1.807) is 7.11 Å². The Balaban J connectivity index is 1.65. The van der Waals surface area contributed by atoms with Gasteiger partial charge in [0.15, 0.2) is 11.5 Å². The average Bonchev–Trinajstić information content (AvgIpc) is 2.63. The highest BCUT2D eigenvalue weighted by atomic mass is 16.7. The molecular formula is C20H19NO2. The van der Waals surface area contributed by atoms with Gasteiger partial charge in [0.25, 0.3) is 0 Å². The molecule has 0 atom stereocenters. The van der Waals surface area contributed by atoms with E-state index in [2.05, 4.69) is 41.9 Å². The molecule has 116 valence electrons. The SMILES string of the molecule is COc1ccccc1ONCc1cccc(-c2ccccc2)c1. The van der Waals surface area contributed by atoms with E-state index in [0.717, 1.165) is 5.56 Å². The predicted octanol–water partition coefficient (Wildman–Crippen LogP) is 4.45. The molecule has 3 heteroatoms. The van der Waals surface area contributed by atoms with Crippen LogP contribution in [-0.2, 0) is 6.54 Å². The molecule has 0 bridgehead atoms. The second-order valence-corrected chi connectivity index (χ2v) is 5.14. The fourth-order valence-corrected chi connectivity index (χ4v) is 2.39. The number of nitrogens with one attached hydrogen (secondary N) is 1. The van der Waals surface area contributed by atoms with Crippen molar-refractivity contribution in [1.29, 1.82) is 0 Å². The molecule has 3 aromatic carbocycles. The first-order chi connectivity index (χ1) is 11.4. The molecule has 0 heterocycles. The molecule has 0 saturated heterocycles. The Bertz CT molecular complexity index is 756. The van der Waals surface area contributed by atoms with E-state index in [1.165, 1.54) is 11.1 Å². The number of para-hydroxylation sites is 2. The first kappa shape index (κ1) is 15.1. The molecule has 0 saturated carbocycles. The van der Waals surface area contributed by atoms with Gasteiger partial charge in [-0.25, -0.2) is 0 Å². The van der Waals surface area contributed by atoms with Crippen LogP contribution in [-0.4, -0.2) is 7.11 Å². The van der Waals surface area contributed by atoms with E-state index in [4.69, 9.17) is 9.57 Å². The van der Waals surface area contributed by atoms with Crippen LogP contribution in [0, 0.1) is 0 Å². The van der Waals surface area contributed by atoms with Crippen LogP contribution in [0.15, 0.2) is 78.9 Å². The van der Waals surface area contributed by atoms with Crippen LogP contribution < -0.4 is 15.1 Å². The van der Waals surface area contributed by atoms with Gasteiger partial charge in [-0.1, -0.05) is 60.7 Å². The lowest BCUT2D eigenvalue weighted by Gasteiger charge is -2.11. The Hall–Kier alpha value is -2.78. The Labute approximate surface area is 136 Å². The highest BCUT2D eigenvalue weighted by molar-refractivity contribution is 5.63. The lowest BCUT2D eigenvalue weighted by Crippen LogP contribution is -2.18. The number of hydrogen-bond donors (Lipinski definition) is 1. The van der Waals surface area contributed by atoms with E-state index in [-0.39, 0.29) is 0 Å². The summed E-state index contributed by atoms with van der Waals surface area (Å²) in [7, 11) is 1.63. The fraction of sp³-hybridized carbons (Fsp3) is 0.100. The quantitative estimate of drug-likeness (QED) is 0.683. The van der Waals surface area contributed by atoms with E-state index >= 15 is 0 Å². The Morgan fingerprint density at radius 3 is 2.22 bits per heavy atom. The van der Waals surface area contributed by atoms with Crippen molar-refractivity contribution in [2.24, 2.45) is 0 Å². The molecular weight excluding hydrogens is 286 g/mol. The zero-order valence-corrected chi connectivity index (χ0v) is 13.0. The third kappa shape index (κ3) is 3.90. The third-order valence-corrected chi connectivity index (χ3v) is 3.56. The molecule has 3 nitrogen and oxygen atoms in total. The number of rotatable bonds is 6. The molecule has 0 fully saturated rings. The van der Waals surface area contributed by atoms with Crippen molar-refractivity contribution in [2.45, 2.75) is 6.54 Å². The van der Waals surface area contributed by atoms with Gasteiger partial charge < -0.3 is 9.57 Å². The molecule has 0 unspecified atom stereocenters. The molecule has 0 aliphatic rings. The summed E-state index contributed by atoms with van der Waals surface area (Å²) < 4.78 is 5.26. The molecule has 3 rings (SSSR count). The van der Waals surface area contributed by atoms with Crippen molar-refractivity contribution in [2.75, 3.05) is 7.11 Å². The zero-order chi connectivity index (χ0) is 15.9. The van der Waals surface area contributed by atoms with Gasteiger partial charge in [-0.2, -0.15) is 5.48 Å². The maximum atomic E-state index is 5.60. The molecule has 1 N–H and O–H groups in total. The van der Waals surface area contributed by atoms with E-state index in [0.29, 0.717) is 18.0 Å². The summed E-state index contributed by atoms with van der Waals surface area (Å²) in [5, 5.41) is 0. The maximum Gasteiger partial charge on any atom is 0.188 e. The van der Waals surface area contributed by atoms with Gasteiger partial charge in [0, 0.05) is 0 Å². The van der Waals surface area contributed by atoms with Crippen molar-refractivity contribution in [3.05, 3.63) is 84.4 Å². The summed E-state index contributed by atoms with van der Waals surface area (Å²) in [5.74, 6) is 1.38. The smallest absolute Gasteiger partial charge is 0.188 e. The highest BCUT2D eigenvalue weighted by Gasteiger charge is 2.03. The second-order valence-electron chi connectivity index (χ2n) is 5.14. The molecule has 0 aliphatic heterocycles. The second kappa shape index (κ2) is 7.47. The van der Waals surface area contributed by atoms with E-state index in [9.17, 15) is 0 Å². The fourth-order valence-electron chi connectivity index (χ4n) is 2.39. The largest absolute Gasteiger partial charge is 0.493 e. The third-order valence-electron chi connectivity index (χ3n) is 3.56. The summed E-state index contributed by atoms with van der Waals surface area (Å²) in [6.45, 7) is 0.610. The summed E-state index contributed by atoms with van der Waals surface area (Å²) in [6.07, 6.45) is 0. The number of hydroxylamine groups is 1. The molecule has 0 amide bonds. The van der Waals surface area contributed by atoms with Crippen LogP contribution in [0.1, 0.15) is 5.56 Å². The highest BCUT2D eigenvalue weighted by Crippen LogP contribution is 2.25. The van der Waals surface area contributed by atoms with Crippen LogP contribution in [0.25, 0.3) is 11.1 Å². The van der Waals surface area contributed by atoms with Gasteiger partial charge in [0.2, 0.25) is 0 Å². The van der Waals surface area contributed by atoms with Crippen molar-refractivity contribution < 1.29 is 9.57 Å². The Kier molecular flexibility index (Phi) is 4.92. The van der Waals surface area contributed by atoms with Crippen LogP contribution >= 0.6 is 0 Å². The molecule has 0 aromatic heterocycles. The van der Waals surface area contributed by atoms with Gasteiger partial charge in [0.05, 0.1) is 13.7 Å². The topological polar surface area (TPSA) is 30.5 Å². The average molecular weight is 305 g/mol. The molecule has 0 aliphatic carbocycles. The minimum atomic E-state index is 0.610. The van der Waals surface area contributed by atoms with Gasteiger partial charge in [-0.3, -0.25) is 0 Å². The first-order valence-electron chi connectivity index (χ1n) is 7.54. The van der Waals surface area contributed by atoms with Crippen molar-refractivity contribution in [3.63, 3.8) is 0 Å². The van der Waals surface area contributed by atoms with Crippen molar-refractivity contribution in [3.8, 4) is 22.6 Å². The number of methoxy groups -OCH3 is 1. The van der Waals surface area contributed by atoms with Gasteiger partial charge in [-0.15, -0.1) is 0 Å². The van der Waals surface area contributed by atoms with Crippen molar-refractivity contribution in [1.82, 2.24) is 5.48 Å². The number of hydrogen-bond acceptors (Lipinski definition) is 3. The van der Waals surface area contributed by atoms with Crippen LogP contribution in [0.3, 0.4) is 0 Å². The molecule has 0 radical (unpaired) electrons. The Morgan fingerprint density at radius 2 is 1.43 bits per heavy atom. The lowest BCUT2D eigenvalue weighted by atomic mass is 10.0.